The van der Waals surface area contributed by atoms with Crippen molar-refractivity contribution in [3.05, 3.63) is 12.0 Å². The second kappa shape index (κ2) is 5.09. The zero-order valence-corrected chi connectivity index (χ0v) is 9.46. The number of hydrogen-bond acceptors (Lipinski definition) is 4. The van der Waals surface area contributed by atoms with Crippen LogP contribution in [-0.2, 0) is 0 Å². The smallest absolute Gasteiger partial charge is 0.224 e. The first-order chi connectivity index (χ1) is 7.79. The van der Waals surface area contributed by atoms with Gasteiger partial charge in [0.15, 0.2) is 11.6 Å². The molecule has 1 aromatic rings. The van der Waals surface area contributed by atoms with Gasteiger partial charge in [0.05, 0.1) is 6.20 Å². The summed E-state index contributed by atoms with van der Waals surface area (Å²) < 4.78 is 13.3. The fraction of sp³-hybridized carbons (Fsp3) is 0.636. The van der Waals surface area contributed by atoms with Gasteiger partial charge in [-0.05, 0) is 19.3 Å². The van der Waals surface area contributed by atoms with E-state index >= 15 is 0 Å². The average molecular weight is 224 g/mol. The number of hydrogen-bond donors (Lipinski definition) is 2. The molecule has 0 aliphatic heterocycles. The third kappa shape index (κ3) is 3.05. The molecule has 1 aliphatic rings. The number of aromatic nitrogens is 2. The van der Waals surface area contributed by atoms with Gasteiger partial charge in [-0.15, -0.1) is 0 Å². The van der Waals surface area contributed by atoms with E-state index < -0.39 is 5.82 Å². The number of nitrogens with one attached hydrogen (secondary N) is 2. The Kier molecular flexibility index (Phi) is 3.54. The molecule has 0 radical (unpaired) electrons. The van der Waals surface area contributed by atoms with Crippen molar-refractivity contribution in [2.45, 2.75) is 26.2 Å². The second-order valence-corrected chi connectivity index (χ2v) is 4.08. The van der Waals surface area contributed by atoms with Crippen molar-refractivity contribution in [3.8, 4) is 0 Å². The molecule has 0 unspecified atom stereocenters. The molecule has 0 spiro atoms. The molecular formula is C11H17FN4. The molecule has 88 valence electrons. The molecule has 2 N–H and O–H groups in total. The summed E-state index contributed by atoms with van der Waals surface area (Å²) in [6, 6.07) is 0. The van der Waals surface area contributed by atoms with Crippen molar-refractivity contribution in [3.63, 3.8) is 0 Å². The minimum Gasteiger partial charge on any atom is -0.367 e. The lowest BCUT2D eigenvalue weighted by Gasteiger charge is -2.07. The summed E-state index contributed by atoms with van der Waals surface area (Å²) in [6.07, 6.45) is 4.93. The fourth-order valence-corrected chi connectivity index (χ4v) is 1.54. The van der Waals surface area contributed by atoms with E-state index in [4.69, 9.17) is 0 Å². The fourth-order valence-electron chi connectivity index (χ4n) is 1.54. The van der Waals surface area contributed by atoms with Crippen molar-refractivity contribution in [1.82, 2.24) is 9.97 Å². The van der Waals surface area contributed by atoms with Crippen LogP contribution in [0.25, 0.3) is 0 Å². The van der Waals surface area contributed by atoms with Crippen LogP contribution in [-0.4, -0.2) is 23.1 Å². The summed E-state index contributed by atoms with van der Waals surface area (Å²) >= 11 is 0. The van der Waals surface area contributed by atoms with Crippen LogP contribution in [0.5, 0.6) is 0 Å². The maximum Gasteiger partial charge on any atom is 0.224 e. The van der Waals surface area contributed by atoms with Crippen LogP contribution >= 0.6 is 0 Å². The standard InChI is InChI=1S/C11H17FN4/c1-2-13-11-15-7-9(12)10(16-11)14-6-5-8-3-4-8/h7-8H,2-6H2,1H3,(H2,13,14,15,16). The molecule has 0 aromatic carbocycles. The largest absolute Gasteiger partial charge is 0.367 e. The predicted molar refractivity (Wildman–Crippen MR) is 62.0 cm³/mol. The van der Waals surface area contributed by atoms with Crippen LogP contribution in [0.1, 0.15) is 26.2 Å². The number of nitrogens with zero attached hydrogens (tertiary/aromatic N) is 2. The van der Waals surface area contributed by atoms with Crippen molar-refractivity contribution in [2.24, 2.45) is 5.92 Å². The van der Waals surface area contributed by atoms with Gasteiger partial charge in [-0.25, -0.2) is 9.37 Å². The maximum absolute atomic E-state index is 13.3. The Bertz CT molecular complexity index is 352. The van der Waals surface area contributed by atoms with Gasteiger partial charge in [-0.1, -0.05) is 12.8 Å². The van der Waals surface area contributed by atoms with E-state index in [1.165, 1.54) is 19.0 Å². The lowest BCUT2D eigenvalue weighted by molar-refractivity contribution is 0.615. The maximum atomic E-state index is 13.3. The summed E-state index contributed by atoms with van der Waals surface area (Å²) in [5, 5.41) is 5.97. The molecule has 16 heavy (non-hydrogen) atoms. The molecule has 0 atom stereocenters. The van der Waals surface area contributed by atoms with E-state index in [0.29, 0.717) is 11.8 Å². The highest BCUT2D eigenvalue weighted by Crippen LogP contribution is 2.32. The zero-order chi connectivity index (χ0) is 11.4. The van der Waals surface area contributed by atoms with Crippen LogP contribution < -0.4 is 10.6 Å². The monoisotopic (exact) mass is 224 g/mol. The Morgan fingerprint density at radius 3 is 2.94 bits per heavy atom. The van der Waals surface area contributed by atoms with E-state index in [0.717, 1.165) is 25.4 Å². The Balaban J connectivity index is 1.91. The molecule has 0 bridgehead atoms. The van der Waals surface area contributed by atoms with Gasteiger partial charge < -0.3 is 10.6 Å². The Labute approximate surface area is 94.7 Å². The first-order valence-corrected chi connectivity index (χ1v) is 5.80. The Morgan fingerprint density at radius 2 is 2.25 bits per heavy atom. The Morgan fingerprint density at radius 1 is 1.44 bits per heavy atom. The first-order valence-electron chi connectivity index (χ1n) is 5.80. The highest BCUT2D eigenvalue weighted by molar-refractivity contribution is 5.40. The quantitative estimate of drug-likeness (QED) is 0.778. The SMILES string of the molecule is CCNc1ncc(F)c(NCCC2CC2)n1. The number of halogens is 1. The molecule has 1 heterocycles. The average Bonchev–Trinajstić information content (AvgIpc) is 3.07. The van der Waals surface area contributed by atoms with Crippen molar-refractivity contribution in [1.29, 1.82) is 0 Å². The molecule has 1 fully saturated rings. The Hall–Kier alpha value is -1.39. The molecule has 2 rings (SSSR count). The van der Waals surface area contributed by atoms with Crippen molar-refractivity contribution in [2.75, 3.05) is 23.7 Å². The summed E-state index contributed by atoms with van der Waals surface area (Å²) in [5.74, 6) is 1.22. The van der Waals surface area contributed by atoms with Gasteiger partial charge in [-0.2, -0.15) is 4.98 Å². The van der Waals surface area contributed by atoms with E-state index in [9.17, 15) is 4.39 Å². The van der Waals surface area contributed by atoms with Gasteiger partial charge >= 0.3 is 0 Å². The van der Waals surface area contributed by atoms with Gasteiger partial charge in [0.25, 0.3) is 0 Å². The minimum absolute atomic E-state index is 0.298. The molecule has 5 heteroatoms. The molecule has 1 aliphatic carbocycles. The van der Waals surface area contributed by atoms with Crippen LogP contribution in [0.3, 0.4) is 0 Å². The normalized spacial score (nSPS) is 14.9. The van der Waals surface area contributed by atoms with Crippen LogP contribution in [0.4, 0.5) is 16.2 Å². The van der Waals surface area contributed by atoms with E-state index in [-0.39, 0.29) is 0 Å². The summed E-state index contributed by atoms with van der Waals surface area (Å²) in [6.45, 7) is 3.46. The predicted octanol–water partition coefficient (Wildman–Crippen LogP) is 2.26. The summed E-state index contributed by atoms with van der Waals surface area (Å²) in [5.41, 5.74) is 0. The third-order valence-corrected chi connectivity index (χ3v) is 2.62. The molecule has 1 saturated carbocycles. The molecule has 4 nitrogen and oxygen atoms in total. The molecule has 0 saturated heterocycles. The van der Waals surface area contributed by atoms with Gasteiger partial charge in [-0.3, -0.25) is 0 Å². The van der Waals surface area contributed by atoms with Gasteiger partial charge in [0.2, 0.25) is 5.95 Å². The molecular weight excluding hydrogens is 207 g/mol. The lowest BCUT2D eigenvalue weighted by Crippen LogP contribution is -2.09. The minimum atomic E-state index is -0.391. The highest BCUT2D eigenvalue weighted by atomic mass is 19.1. The van der Waals surface area contributed by atoms with Crippen molar-refractivity contribution >= 4 is 11.8 Å². The van der Waals surface area contributed by atoms with Gasteiger partial charge in [0, 0.05) is 13.1 Å². The van der Waals surface area contributed by atoms with Crippen LogP contribution in [0.2, 0.25) is 0 Å². The number of rotatable bonds is 6. The van der Waals surface area contributed by atoms with Crippen molar-refractivity contribution < 1.29 is 4.39 Å². The van der Waals surface area contributed by atoms with Crippen LogP contribution in [0.15, 0.2) is 6.20 Å². The van der Waals surface area contributed by atoms with E-state index in [2.05, 4.69) is 20.6 Å². The van der Waals surface area contributed by atoms with E-state index in [1.54, 1.807) is 0 Å². The van der Waals surface area contributed by atoms with Crippen LogP contribution in [0, 0.1) is 11.7 Å². The lowest BCUT2D eigenvalue weighted by atomic mass is 10.3. The van der Waals surface area contributed by atoms with Gasteiger partial charge in [0.1, 0.15) is 0 Å². The molecule has 0 amide bonds. The summed E-state index contributed by atoms with van der Waals surface area (Å²) in [4.78, 5) is 7.92. The second-order valence-electron chi connectivity index (χ2n) is 4.08. The third-order valence-electron chi connectivity index (χ3n) is 2.62. The topological polar surface area (TPSA) is 49.8 Å². The number of anilines is 2. The zero-order valence-electron chi connectivity index (χ0n) is 9.46. The first kappa shape index (κ1) is 11.1. The summed E-state index contributed by atoms with van der Waals surface area (Å²) in [7, 11) is 0. The van der Waals surface area contributed by atoms with E-state index in [1.807, 2.05) is 6.92 Å². The highest BCUT2D eigenvalue weighted by Gasteiger charge is 2.20. The molecule has 1 aromatic heterocycles.